The van der Waals surface area contributed by atoms with Crippen molar-refractivity contribution in [2.75, 3.05) is 4.90 Å². The smallest absolute Gasteiger partial charge is 0.232 e. The van der Waals surface area contributed by atoms with Crippen molar-refractivity contribution in [1.82, 2.24) is 0 Å². The second kappa shape index (κ2) is 6.76. The van der Waals surface area contributed by atoms with Gasteiger partial charge in [-0.15, -0.1) is 0 Å². The molecule has 2 aromatic carbocycles. The molecule has 1 heterocycles. The van der Waals surface area contributed by atoms with E-state index in [1.165, 1.54) is 0 Å². The van der Waals surface area contributed by atoms with Crippen molar-refractivity contribution in [2.45, 2.75) is 39.0 Å². The maximum atomic E-state index is 13.3. The standard InChI is InChI=1S/C24H22N2O2/c1-24(2)13-20-23(21(27)14-24)18(16-8-4-3-5-9-16)12-22(28)26(20)19-11-7-6-10-17(19)15-25/h3-11,18H,12-14H2,1-2H3. The van der Waals surface area contributed by atoms with Crippen LogP contribution in [0.4, 0.5) is 5.69 Å². The Morgan fingerprint density at radius 3 is 2.39 bits per heavy atom. The van der Waals surface area contributed by atoms with Crippen LogP contribution in [0.25, 0.3) is 0 Å². The van der Waals surface area contributed by atoms with E-state index >= 15 is 0 Å². The third-order valence-electron chi connectivity index (χ3n) is 5.61. The lowest BCUT2D eigenvalue weighted by atomic mass is 9.69. The molecular formula is C24H22N2O2. The Morgan fingerprint density at radius 1 is 1.00 bits per heavy atom. The van der Waals surface area contributed by atoms with E-state index in [1.807, 2.05) is 36.4 Å². The molecule has 0 bridgehead atoms. The number of para-hydroxylation sites is 1. The number of hydrogen-bond acceptors (Lipinski definition) is 3. The summed E-state index contributed by atoms with van der Waals surface area (Å²) in [5.41, 5.74) is 3.27. The second-order valence-corrected chi connectivity index (χ2v) is 8.33. The van der Waals surface area contributed by atoms with E-state index in [-0.39, 0.29) is 29.4 Å². The Morgan fingerprint density at radius 2 is 1.68 bits per heavy atom. The molecule has 2 aliphatic rings. The van der Waals surface area contributed by atoms with Crippen molar-refractivity contribution >= 4 is 17.4 Å². The molecule has 1 aliphatic carbocycles. The Bertz CT molecular complexity index is 1030. The minimum Gasteiger partial charge on any atom is -0.294 e. The Balaban J connectivity index is 1.94. The average molecular weight is 370 g/mol. The minimum absolute atomic E-state index is 0.0687. The first-order valence-corrected chi connectivity index (χ1v) is 9.54. The van der Waals surface area contributed by atoms with Crippen molar-refractivity contribution in [3.8, 4) is 6.07 Å². The molecule has 1 atom stereocenters. The third-order valence-corrected chi connectivity index (χ3v) is 5.61. The summed E-state index contributed by atoms with van der Waals surface area (Å²) in [6.45, 7) is 4.11. The predicted octanol–water partition coefficient (Wildman–Crippen LogP) is 4.72. The number of allylic oxidation sites excluding steroid dienone is 2. The Labute approximate surface area is 165 Å². The van der Waals surface area contributed by atoms with E-state index in [4.69, 9.17) is 0 Å². The molecule has 1 unspecified atom stereocenters. The van der Waals surface area contributed by atoms with Crippen LogP contribution in [0, 0.1) is 16.7 Å². The van der Waals surface area contributed by atoms with E-state index in [9.17, 15) is 14.9 Å². The summed E-state index contributed by atoms with van der Waals surface area (Å²) < 4.78 is 0. The molecule has 140 valence electrons. The van der Waals surface area contributed by atoms with Gasteiger partial charge in [-0.05, 0) is 29.5 Å². The molecule has 0 saturated carbocycles. The summed E-state index contributed by atoms with van der Waals surface area (Å²) in [4.78, 5) is 28.1. The number of rotatable bonds is 2. The van der Waals surface area contributed by atoms with Gasteiger partial charge in [0, 0.05) is 30.0 Å². The van der Waals surface area contributed by atoms with E-state index in [0.29, 0.717) is 24.1 Å². The maximum Gasteiger partial charge on any atom is 0.232 e. The molecular weight excluding hydrogens is 348 g/mol. The summed E-state index contributed by atoms with van der Waals surface area (Å²) >= 11 is 0. The van der Waals surface area contributed by atoms with Gasteiger partial charge >= 0.3 is 0 Å². The highest BCUT2D eigenvalue weighted by atomic mass is 16.2. The van der Waals surface area contributed by atoms with Crippen molar-refractivity contribution in [1.29, 1.82) is 5.26 Å². The first-order valence-electron chi connectivity index (χ1n) is 9.54. The number of nitrogens with zero attached hydrogens (tertiary/aromatic N) is 2. The number of carbonyl (C=O) groups is 2. The zero-order chi connectivity index (χ0) is 19.9. The van der Waals surface area contributed by atoms with Crippen molar-refractivity contribution in [3.05, 3.63) is 77.0 Å². The zero-order valence-electron chi connectivity index (χ0n) is 16.1. The van der Waals surface area contributed by atoms with Crippen LogP contribution in [0.3, 0.4) is 0 Å². The Hall–Kier alpha value is -3.19. The van der Waals surface area contributed by atoms with E-state index < -0.39 is 0 Å². The topological polar surface area (TPSA) is 61.2 Å². The molecule has 0 saturated heterocycles. The molecule has 4 rings (SSSR count). The van der Waals surface area contributed by atoms with Crippen LogP contribution in [0.5, 0.6) is 0 Å². The average Bonchev–Trinajstić information content (AvgIpc) is 2.67. The summed E-state index contributed by atoms with van der Waals surface area (Å²) in [6.07, 6.45) is 1.33. The lowest BCUT2D eigenvalue weighted by Gasteiger charge is -2.43. The van der Waals surface area contributed by atoms with Crippen LogP contribution in [0.1, 0.15) is 50.2 Å². The van der Waals surface area contributed by atoms with Gasteiger partial charge in [0.15, 0.2) is 5.78 Å². The van der Waals surface area contributed by atoms with Crippen LogP contribution in [0.15, 0.2) is 65.9 Å². The monoisotopic (exact) mass is 370 g/mol. The molecule has 0 N–H and O–H groups in total. The molecule has 0 spiro atoms. The van der Waals surface area contributed by atoms with E-state index in [2.05, 4.69) is 19.9 Å². The molecule has 1 aliphatic heterocycles. The van der Waals surface area contributed by atoms with Crippen LogP contribution >= 0.6 is 0 Å². The number of ketones is 1. The van der Waals surface area contributed by atoms with E-state index in [0.717, 1.165) is 16.8 Å². The fraction of sp³-hybridized carbons (Fsp3) is 0.292. The Kier molecular flexibility index (Phi) is 4.39. The number of anilines is 1. The number of carbonyl (C=O) groups excluding carboxylic acids is 2. The maximum absolute atomic E-state index is 13.3. The first-order chi connectivity index (χ1) is 13.4. The van der Waals surface area contributed by atoms with Gasteiger partial charge in [-0.25, -0.2) is 0 Å². The van der Waals surface area contributed by atoms with Crippen molar-refractivity contribution in [3.63, 3.8) is 0 Å². The fourth-order valence-corrected chi connectivity index (χ4v) is 4.43. The number of nitriles is 1. The minimum atomic E-state index is -0.228. The summed E-state index contributed by atoms with van der Waals surface area (Å²) in [5, 5.41) is 9.55. The molecule has 0 radical (unpaired) electrons. The molecule has 1 amide bonds. The van der Waals surface area contributed by atoms with Crippen LogP contribution in [-0.4, -0.2) is 11.7 Å². The van der Waals surface area contributed by atoms with Gasteiger partial charge in [0.1, 0.15) is 6.07 Å². The van der Waals surface area contributed by atoms with Gasteiger partial charge in [-0.1, -0.05) is 56.3 Å². The first kappa shape index (κ1) is 18.2. The van der Waals surface area contributed by atoms with Gasteiger partial charge in [0.2, 0.25) is 5.91 Å². The molecule has 2 aromatic rings. The molecule has 4 nitrogen and oxygen atoms in total. The van der Waals surface area contributed by atoms with Crippen LogP contribution < -0.4 is 4.90 Å². The lowest BCUT2D eigenvalue weighted by Crippen LogP contribution is -2.44. The summed E-state index contributed by atoms with van der Waals surface area (Å²) in [7, 11) is 0. The van der Waals surface area contributed by atoms with Gasteiger partial charge in [-0.2, -0.15) is 5.26 Å². The number of amides is 1. The normalized spacial score (nSPS) is 21.3. The SMILES string of the molecule is CC1(C)CC(=O)C2=C(C1)N(c1ccccc1C#N)C(=O)CC2c1ccccc1. The van der Waals surface area contributed by atoms with Gasteiger partial charge in [0.25, 0.3) is 0 Å². The van der Waals surface area contributed by atoms with Gasteiger partial charge in [-0.3, -0.25) is 14.5 Å². The summed E-state index contributed by atoms with van der Waals surface area (Å²) in [5.74, 6) is -0.189. The second-order valence-electron chi connectivity index (χ2n) is 8.33. The highest BCUT2D eigenvalue weighted by Gasteiger charge is 2.44. The molecule has 28 heavy (non-hydrogen) atoms. The predicted molar refractivity (Wildman–Crippen MR) is 107 cm³/mol. The number of hydrogen-bond donors (Lipinski definition) is 0. The largest absolute Gasteiger partial charge is 0.294 e. The van der Waals surface area contributed by atoms with Gasteiger partial charge in [0.05, 0.1) is 11.3 Å². The number of benzene rings is 2. The van der Waals surface area contributed by atoms with Gasteiger partial charge < -0.3 is 0 Å². The highest BCUT2D eigenvalue weighted by molar-refractivity contribution is 6.08. The van der Waals surface area contributed by atoms with Crippen molar-refractivity contribution < 1.29 is 9.59 Å². The lowest BCUT2D eigenvalue weighted by molar-refractivity contribution is -0.121. The third kappa shape index (κ3) is 3.03. The molecule has 0 aromatic heterocycles. The highest BCUT2D eigenvalue weighted by Crippen LogP contribution is 2.48. The van der Waals surface area contributed by atoms with E-state index in [1.54, 1.807) is 23.1 Å². The van der Waals surface area contributed by atoms with Crippen LogP contribution in [0.2, 0.25) is 0 Å². The zero-order valence-corrected chi connectivity index (χ0v) is 16.1. The quantitative estimate of drug-likeness (QED) is 0.768. The fourth-order valence-electron chi connectivity index (χ4n) is 4.43. The summed E-state index contributed by atoms with van der Waals surface area (Å²) in [6, 6.07) is 19.1. The molecule has 4 heteroatoms. The van der Waals surface area contributed by atoms with Crippen molar-refractivity contribution in [2.24, 2.45) is 5.41 Å². The number of Topliss-reactive ketones (excluding diaryl/α,β-unsaturated/α-hetero) is 1. The molecule has 0 fully saturated rings. The van der Waals surface area contributed by atoms with Crippen LogP contribution in [-0.2, 0) is 9.59 Å².